The van der Waals surface area contributed by atoms with E-state index < -0.39 is 0 Å². The van der Waals surface area contributed by atoms with E-state index in [1.54, 1.807) is 21.3 Å². The van der Waals surface area contributed by atoms with Gasteiger partial charge in [-0.05, 0) is 6.92 Å². The number of nitrogens with two attached hydrogens (primary N) is 1. The third kappa shape index (κ3) is 3.88. The molecule has 0 amide bonds. The minimum atomic E-state index is -0.0810. The predicted molar refractivity (Wildman–Crippen MR) is 80.7 cm³/mol. The second kappa shape index (κ2) is 7.77. The van der Waals surface area contributed by atoms with Gasteiger partial charge in [0.05, 0.1) is 32.9 Å². The van der Waals surface area contributed by atoms with Crippen molar-refractivity contribution in [3.05, 3.63) is 29.8 Å². The normalized spacial score (nSPS) is 11.8. The number of benzene rings is 1. The third-order valence-electron chi connectivity index (χ3n) is 2.99. The van der Waals surface area contributed by atoms with E-state index in [1.165, 1.54) is 0 Å². The molecule has 0 bridgehead atoms. The van der Waals surface area contributed by atoms with Gasteiger partial charge in [0.2, 0.25) is 0 Å². The van der Waals surface area contributed by atoms with Crippen molar-refractivity contribution >= 4 is 0 Å². The Morgan fingerprint density at radius 3 is 2.10 bits per heavy atom. The average molecular weight is 280 g/mol. The van der Waals surface area contributed by atoms with Crippen LogP contribution in [0, 0.1) is 0 Å². The molecule has 20 heavy (non-hydrogen) atoms. The van der Waals surface area contributed by atoms with Gasteiger partial charge in [-0.25, -0.2) is 0 Å². The van der Waals surface area contributed by atoms with E-state index in [4.69, 9.17) is 19.9 Å². The lowest BCUT2D eigenvalue weighted by molar-refractivity contribution is 0.359. The van der Waals surface area contributed by atoms with Crippen molar-refractivity contribution in [1.82, 2.24) is 5.32 Å². The van der Waals surface area contributed by atoms with E-state index in [9.17, 15) is 0 Å². The van der Waals surface area contributed by atoms with Crippen molar-refractivity contribution in [2.24, 2.45) is 5.73 Å². The molecule has 5 nitrogen and oxygen atoms in total. The molecule has 1 aromatic rings. The standard InChI is InChI=1S/C15H24N2O3/c1-10(2)9-17-12(8-16)15-13(19-4)6-11(18-3)7-14(15)20-5/h6-7,12,17H,1,8-9,16H2,2-5H3. The molecule has 0 aliphatic rings. The van der Waals surface area contributed by atoms with Crippen molar-refractivity contribution < 1.29 is 14.2 Å². The second-order valence-corrected chi connectivity index (χ2v) is 4.57. The van der Waals surface area contributed by atoms with Gasteiger partial charge in [0, 0.05) is 25.2 Å². The van der Waals surface area contributed by atoms with Gasteiger partial charge in [-0.3, -0.25) is 0 Å². The van der Waals surface area contributed by atoms with E-state index in [1.807, 2.05) is 19.1 Å². The molecule has 0 aliphatic heterocycles. The fourth-order valence-electron chi connectivity index (χ4n) is 1.98. The molecule has 0 saturated carbocycles. The van der Waals surface area contributed by atoms with Crippen LogP contribution in [0.1, 0.15) is 18.5 Å². The fraction of sp³-hybridized carbons (Fsp3) is 0.467. The lowest BCUT2D eigenvalue weighted by Gasteiger charge is -2.23. The molecule has 112 valence electrons. The molecule has 1 aromatic carbocycles. The van der Waals surface area contributed by atoms with E-state index in [0.29, 0.717) is 30.3 Å². The molecular formula is C15H24N2O3. The predicted octanol–water partition coefficient (Wildman–Crippen LogP) is 1.88. The van der Waals surface area contributed by atoms with Gasteiger partial charge in [-0.2, -0.15) is 0 Å². The highest BCUT2D eigenvalue weighted by Gasteiger charge is 2.21. The van der Waals surface area contributed by atoms with Crippen LogP contribution >= 0.6 is 0 Å². The Balaban J connectivity index is 3.20. The number of hydrogen-bond acceptors (Lipinski definition) is 5. The Bertz CT molecular complexity index is 435. The van der Waals surface area contributed by atoms with Crippen LogP contribution in [0.3, 0.4) is 0 Å². The van der Waals surface area contributed by atoms with Gasteiger partial charge in [0.25, 0.3) is 0 Å². The zero-order chi connectivity index (χ0) is 15.1. The highest BCUT2D eigenvalue weighted by Crippen LogP contribution is 2.37. The smallest absolute Gasteiger partial charge is 0.131 e. The summed E-state index contributed by atoms with van der Waals surface area (Å²) in [6.07, 6.45) is 0. The summed E-state index contributed by atoms with van der Waals surface area (Å²) in [7, 11) is 4.84. The molecule has 0 radical (unpaired) electrons. The molecular weight excluding hydrogens is 256 g/mol. The maximum absolute atomic E-state index is 5.87. The Hall–Kier alpha value is -1.72. The molecule has 0 heterocycles. The largest absolute Gasteiger partial charge is 0.496 e. The highest BCUT2D eigenvalue weighted by atomic mass is 16.5. The first-order valence-electron chi connectivity index (χ1n) is 6.45. The fourth-order valence-corrected chi connectivity index (χ4v) is 1.98. The summed E-state index contributed by atoms with van der Waals surface area (Å²) in [6, 6.07) is 3.56. The van der Waals surface area contributed by atoms with Gasteiger partial charge in [-0.15, -0.1) is 0 Å². The molecule has 1 rings (SSSR count). The molecule has 1 atom stereocenters. The minimum Gasteiger partial charge on any atom is -0.496 e. The lowest BCUT2D eigenvalue weighted by atomic mass is 10.0. The number of hydrogen-bond donors (Lipinski definition) is 2. The Morgan fingerprint density at radius 2 is 1.75 bits per heavy atom. The number of methoxy groups -OCH3 is 3. The van der Waals surface area contributed by atoms with E-state index in [2.05, 4.69) is 11.9 Å². The number of rotatable bonds is 8. The van der Waals surface area contributed by atoms with Gasteiger partial charge in [0.1, 0.15) is 17.2 Å². The van der Waals surface area contributed by atoms with E-state index in [-0.39, 0.29) is 6.04 Å². The summed E-state index contributed by atoms with van der Waals surface area (Å²) in [6.45, 7) is 6.95. The van der Waals surface area contributed by atoms with E-state index in [0.717, 1.165) is 11.1 Å². The van der Waals surface area contributed by atoms with Gasteiger partial charge >= 0.3 is 0 Å². The van der Waals surface area contributed by atoms with Gasteiger partial charge in [0.15, 0.2) is 0 Å². The molecule has 0 aliphatic carbocycles. The van der Waals surface area contributed by atoms with Gasteiger partial charge < -0.3 is 25.3 Å². The van der Waals surface area contributed by atoms with Crippen LogP contribution in [0.5, 0.6) is 17.2 Å². The van der Waals surface area contributed by atoms with Crippen LogP contribution in [0.2, 0.25) is 0 Å². The van der Waals surface area contributed by atoms with Crippen molar-refractivity contribution in [2.45, 2.75) is 13.0 Å². The second-order valence-electron chi connectivity index (χ2n) is 4.57. The Labute approximate surface area is 120 Å². The number of ether oxygens (including phenoxy) is 3. The van der Waals surface area contributed by atoms with Crippen LogP contribution in [0.15, 0.2) is 24.3 Å². The zero-order valence-electron chi connectivity index (χ0n) is 12.7. The maximum atomic E-state index is 5.87. The van der Waals surface area contributed by atoms with Gasteiger partial charge in [-0.1, -0.05) is 12.2 Å². The summed E-state index contributed by atoms with van der Waals surface area (Å²) in [5, 5.41) is 3.35. The third-order valence-corrected chi connectivity index (χ3v) is 2.99. The number of nitrogens with one attached hydrogen (secondary N) is 1. The van der Waals surface area contributed by atoms with E-state index >= 15 is 0 Å². The topological polar surface area (TPSA) is 65.7 Å². The molecule has 5 heteroatoms. The molecule has 1 unspecified atom stereocenters. The summed E-state index contributed by atoms with van der Waals surface area (Å²) < 4.78 is 16.1. The summed E-state index contributed by atoms with van der Waals surface area (Å²) >= 11 is 0. The summed E-state index contributed by atoms with van der Waals surface area (Å²) in [5.41, 5.74) is 7.80. The van der Waals surface area contributed by atoms with Crippen LogP contribution in [-0.2, 0) is 0 Å². The lowest BCUT2D eigenvalue weighted by Crippen LogP contribution is -2.30. The monoisotopic (exact) mass is 280 g/mol. The van der Waals surface area contributed by atoms with Crippen molar-refractivity contribution in [3.63, 3.8) is 0 Å². The van der Waals surface area contributed by atoms with Crippen molar-refractivity contribution in [3.8, 4) is 17.2 Å². The Morgan fingerprint density at radius 1 is 1.20 bits per heavy atom. The molecule has 0 spiro atoms. The first-order valence-corrected chi connectivity index (χ1v) is 6.45. The average Bonchev–Trinajstić information content (AvgIpc) is 2.46. The molecule has 0 saturated heterocycles. The van der Waals surface area contributed by atoms with Crippen molar-refractivity contribution in [1.29, 1.82) is 0 Å². The molecule has 0 fully saturated rings. The quantitative estimate of drug-likeness (QED) is 0.712. The first-order chi connectivity index (χ1) is 9.57. The molecule has 3 N–H and O–H groups in total. The van der Waals surface area contributed by atoms with Crippen LogP contribution in [0.4, 0.5) is 0 Å². The van der Waals surface area contributed by atoms with Crippen LogP contribution < -0.4 is 25.3 Å². The maximum Gasteiger partial charge on any atom is 0.131 e. The van der Waals surface area contributed by atoms with Crippen LogP contribution in [-0.4, -0.2) is 34.4 Å². The first kappa shape index (κ1) is 16.3. The summed E-state index contributed by atoms with van der Waals surface area (Å²) in [5.74, 6) is 2.05. The van der Waals surface area contributed by atoms with Crippen LogP contribution in [0.25, 0.3) is 0 Å². The SMILES string of the molecule is C=C(C)CNC(CN)c1c(OC)cc(OC)cc1OC. The van der Waals surface area contributed by atoms with Crippen molar-refractivity contribution in [2.75, 3.05) is 34.4 Å². The zero-order valence-corrected chi connectivity index (χ0v) is 12.7. The highest BCUT2D eigenvalue weighted by molar-refractivity contribution is 5.52. The summed E-state index contributed by atoms with van der Waals surface area (Å²) in [4.78, 5) is 0. The Kier molecular flexibility index (Phi) is 6.35. The minimum absolute atomic E-state index is 0.0810. The molecule has 0 aromatic heterocycles.